The lowest BCUT2D eigenvalue weighted by Crippen LogP contribution is -2.22. The maximum absolute atomic E-state index is 12.4. The molecule has 0 radical (unpaired) electrons. The van der Waals surface area contributed by atoms with Gasteiger partial charge in [-0.1, -0.05) is 13.8 Å². The minimum absolute atomic E-state index is 0.146. The first-order valence-corrected chi connectivity index (χ1v) is 6.48. The predicted octanol–water partition coefficient (Wildman–Crippen LogP) is 3.36. The molecule has 2 atom stereocenters. The molecular weight excluding hydrogens is 215 g/mol. The van der Waals surface area contributed by atoms with E-state index < -0.39 is 12.1 Å². The summed E-state index contributed by atoms with van der Waals surface area (Å²) >= 11 is 1.47. The zero-order valence-electron chi connectivity index (χ0n) is 9.70. The summed E-state index contributed by atoms with van der Waals surface area (Å²) in [5, 5.41) is 8.58. The van der Waals surface area contributed by atoms with E-state index in [-0.39, 0.29) is 11.2 Å². The van der Waals surface area contributed by atoms with Gasteiger partial charge in [-0.3, -0.25) is 4.79 Å². The molecule has 4 heteroatoms. The second kappa shape index (κ2) is 7.97. The van der Waals surface area contributed by atoms with Crippen molar-refractivity contribution in [1.82, 2.24) is 0 Å². The molecule has 0 fully saturated rings. The molecule has 0 rings (SSSR count). The molecule has 0 heterocycles. The highest BCUT2D eigenvalue weighted by Gasteiger charge is 2.21. The lowest BCUT2D eigenvalue weighted by Gasteiger charge is -2.15. The number of unbranched alkanes of at least 4 members (excludes halogenated alkanes) is 1. The fourth-order valence-corrected chi connectivity index (χ4v) is 2.44. The van der Waals surface area contributed by atoms with E-state index in [2.05, 4.69) is 0 Å². The van der Waals surface area contributed by atoms with Crippen LogP contribution in [0.1, 0.15) is 40.0 Å². The minimum atomic E-state index is -0.742. The Morgan fingerprint density at radius 2 is 1.93 bits per heavy atom. The van der Waals surface area contributed by atoms with Crippen molar-refractivity contribution in [2.24, 2.45) is 5.92 Å². The summed E-state index contributed by atoms with van der Waals surface area (Å²) in [4.78, 5) is 10.8. The Labute approximate surface area is 95.6 Å². The third kappa shape index (κ3) is 7.65. The second-order valence-electron chi connectivity index (χ2n) is 4.15. The van der Waals surface area contributed by atoms with Gasteiger partial charge in [0.05, 0.1) is 6.17 Å². The number of halogens is 1. The molecule has 0 aliphatic rings. The van der Waals surface area contributed by atoms with E-state index in [0.717, 1.165) is 18.6 Å². The van der Waals surface area contributed by atoms with E-state index >= 15 is 0 Å². The van der Waals surface area contributed by atoms with Crippen molar-refractivity contribution in [2.75, 3.05) is 5.75 Å². The SMILES string of the molecule is CC(F)CCCCSC(C(=O)O)C(C)C. The summed E-state index contributed by atoms with van der Waals surface area (Å²) in [5.74, 6) is 0.212. The van der Waals surface area contributed by atoms with Gasteiger partial charge in [0.25, 0.3) is 0 Å². The molecule has 0 aliphatic carbocycles. The van der Waals surface area contributed by atoms with Crippen molar-refractivity contribution >= 4 is 17.7 Å². The van der Waals surface area contributed by atoms with E-state index in [9.17, 15) is 9.18 Å². The summed E-state index contributed by atoms with van der Waals surface area (Å²) in [6.45, 7) is 5.38. The lowest BCUT2D eigenvalue weighted by molar-refractivity contribution is -0.137. The molecule has 0 amide bonds. The summed E-state index contributed by atoms with van der Waals surface area (Å²) in [5.41, 5.74) is 0. The molecule has 0 spiro atoms. The monoisotopic (exact) mass is 236 g/mol. The Balaban J connectivity index is 3.59. The van der Waals surface area contributed by atoms with E-state index in [1.807, 2.05) is 13.8 Å². The van der Waals surface area contributed by atoms with Crippen molar-refractivity contribution in [2.45, 2.75) is 51.5 Å². The number of hydrogen-bond donors (Lipinski definition) is 1. The van der Waals surface area contributed by atoms with Gasteiger partial charge in [-0.2, -0.15) is 0 Å². The fraction of sp³-hybridized carbons (Fsp3) is 0.909. The van der Waals surface area contributed by atoms with Crippen LogP contribution in [-0.4, -0.2) is 28.3 Å². The van der Waals surface area contributed by atoms with Gasteiger partial charge in [0, 0.05) is 0 Å². The van der Waals surface area contributed by atoms with Crippen molar-refractivity contribution in [3.63, 3.8) is 0 Å². The maximum atomic E-state index is 12.4. The number of carboxylic acids is 1. The highest BCUT2D eigenvalue weighted by atomic mass is 32.2. The Morgan fingerprint density at radius 1 is 1.33 bits per heavy atom. The second-order valence-corrected chi connectivity index (χ2v) is 5.40. The normalized spacial score (nSPS) is 15.3. The first-order chi connectivity index (χ1) is 6.95. The van der Waals surface area contributed by atoms with Gasteiger partial charge < -0.3 is 5.11 Å². The highest BCUT2D eigenvalue weighted by molar-refractivity contribution is 8.00. The Morgan fingerprint density at radius 3 is 2.33 bits per heavy atom. The number of alkyl halides is 1. The standard InChI is InChI=1S/C11H21FO2S/c1-8(2)10(11(13)14)15-7-5-4-6-9(3)12/h8-10H,4-7H2,1-3H3,(H,13,14). The molecule has 0 aromatic carbocycles. The number of aliphatic carboxylic acids is 1. The lowest BCUT2D eigenvalue weighted by atomic mass is 10.1. The van der Waals surface area contributed by atoms with Crippen molar-refractivity contribution in [3.05, 3.63) is 0 Å². The molecule has 0 aromatic rings. The Kier molecular flexibility index (Phi) is 7.83. The number of thioether (sulfide) groups is 1. The van der Waals surface area contributed by atoms with Crippen molar-refractivity contribution < 1.29 is 14.3 Å². The van der Waals surface area contributed by atoms with Crippen molar-refractivity contribution in [1.29, 1.82) is 0 Å². The van der Waals surface area contributed by atoms with Crippen LogP contribution < -0.4 is 0 Å². The fourth-order valence-electron chi connectivity index (χ4n) is 1.29. The predicted molar refractivity (Wildman–Crippen MR) is 63.1 cm³/mol. The number of hydrogen-bond acceptors (Lipinski definition) is 2. The van der Waals surface area contributed by atoms with Gasteiger partial charge in [-0.15, -0.1) is 11.8 Å². The van der Waals surface area contributed by atoms with Crippen LogP contribution in [0.5, 0.6) is 0 Å². The van der Waals surface area contributed by atoms with Gasteiger partial charge in [0.15, 0.2) is 0 Å². The maximum Gasteiger partial charge on any atom is 0.316 e. The van der Waals surface area contributed by atoms with Crippen LogP contribution in [0.2, 0.25) is 0 Å². The van der Waals surface area contributed by atoms with Gasteiger partial charge >= 0.3 is 5.97 Å². The molecule has 2 unspecified atom stereocenters. The van der Waals surface area contributed by atoms with Gasteiger partial charge in [-0.05, 0) is 37.9 Å². The van der Waals surface area contributed by atoms with E-state index in [0.29, 0.717) is 6.42 Å². The minimum Gasteiger partial charge on any atom is -0.480 e. The van der Waals surface area contributed by atoms with Crippen LogP contribution in [-0.2, 0) is 4.79 Å². The molecular formula is C11H21FO2S. The Bertz CT molecular complexity index is 183. The van der Waals surface area contributed by atoms with Crippen LogP contribution in [0.4, 0.5) is 4.39 Å². The first kappa shape index (κ1) is 14.8. The van der Waals surface area contributed by atoms with Gasteiger partial charge in [0.2, 0.25) is 0 Å². The van der Waals surface area contributed by atoms with E-state index in [1.54, 1.807) is 6.92 Å². The molecule has 0 bridgehead atoms. The molecule has 2 nitrogen and oxygen atoms in total. The zero-order chi connectivity index (χ0) is 11.8. The summed E-state index contributed by atoms with van der Waals surface area (Å²) < 4.78 is 12.4. The number of carbonyl (C=O) groups is 1. The topological polar surface area (TPSA) is 37.3 Å². The summed E-state index contributed by atoms with van der Waals surface area (Å²) in [6, 6.07) is 0. The number of rotatable bonds is 8. The third-order valence-corrected chi connectivity index (χ3v) is 3.77. The molecule has 90 valence electrons. The smallest absolute Gasteiger partial charge is 0.316 e. The van der Waals surface area contributed by atoms with E-state index in [4.69, 9.17) is 5.11 Å². The molecule has 15 heavy (non-hydrogen) atoms. The van der Waals surface area contributed by atoms with E-state index in [1.165, 1.54) is 11.8 Å². The summed E-state index contributed by atoms with van der Waals surface area (Å²) in [6.07, 6.45) is 1.58. The van der Waals surface area contributed by atoms with Crippen LogP contribution in [0.15, 0.2) is 0 Å². The number of carboxylic acid groups (broad SMARTS) is 1. The van der Waals surface area contributed by atoms with Crippen LogP contribution in [0.3, 0.4) is 0 Å². The van der Waals surface area contributed by atoms with Crippen LogP contribution in [0.25, 0.3) is 0 Å². The average molecular weight is 236 g/mol. The average Bonchev–Trinajstić information content (AvgIpc) is 2.08. The third-order valence-electron chi connectivity index (χ3n) is 2.14. The molecule has 0 aromatic heterocycles. The molecule has 0 saturated heterocycles. The zero-order valence-corrected chi connectivity index (χ0v) is 10.5. The molecule has 0 saturated carbocycles. The van der Waals surface area contributed by atoms with Gasteiger partial charge in [-0.25, -0.2) is 4.39 Å². The van der Waals surface area contributed by atoms with Gasteiger partial charge in [0.1, 0.15) is 5.25 Å². The van der Waals surface area contributed by atoms with Crippen LogP contribution in [0, 0.1) is 5.92 Å². The Hall–Kier alpha value is -0.250. The largest absolute Gasteiger partial charge is 0.480 e. The highest BCUT2D eigenvalue weighted by Crippen LogP contribution is 2.21. The molecule has 0 aliphatic heterocycles. The quantitative estimate of drug-likeness (QED) is 0.657. The van der Waals surface area contributed by atoms with Crippen LogP contribution >= 0.6 is 11.8 Å². The first-order valence-electron chi connectivity index (χ1n) is 5.43. The molecule has 1 N–H and O–H groups in total. The van der Waals surface area contributed by atoms with Crippen molar-refractivity contribution in [3.8, 4) is 0 Å². The summed E-state index contributed by atoms with van der Waals surface area (Å²) in [7, 11) is 0.